The molecule has 138 valence electrons. The van der Waals surface area contributed by atoms with Crippen molar-refractivity contribution >= 4 is 17.3 Å². The van der Waals surface area contributed by atoms with Gasteiger partial charge in [0.2, 0.25) is 0 Å². The number of anilines is 1. The molecule has 0 atom stereocenters. The average molecular weight is 367 g/mol. The van der Waals surface area contributed by atoms with E-state index in [0.717, 1.165) is 16.8 Å². The van der Waals surface area contributed by atoms with Crippen molar-refractivity contribution in [1.29, 1.82) is 5.41 Å². The van der Waals surface area contributed by atoms with Gasteiger partial charge in [-0.2, -0.15) is 0 Å². The van der Waals surface area contributed by atoms with Crippen LogP contribution < -0.4 is 11.1 Å². The first-order valence-corrected chi connectivity index (χ1v) is 8.92. The number of ketones is 1. The van der Waals surface area contributed by atoms with Crippen molar-refractivity contribution in [2.45, 2.75) is 6.92 Å². The maximum Gasteiger partial charge on any atom is 0.193 e. The number of hydrogen-bond donors (Lipinski definition) is 3. The van der Waals surface area contributed by atoms with Gasteiger partial charge >= 0.3 is 0 Å². The van der Waals surface area contributed by atoms with E-state index in [4.69, 9.17) is 11.1 Å². The van der Waals surface area contributed by atoms with Gasteiger partial charge in [-0.3, -0.25) is 10.2 Å². The smallest absolute Gasteiger partial charge is 0.193 e. The van der Waals surface area contributed by atoms with Gasteiger partial charge in [-0.05, 0) is 55.0 Å². The molecule has 0 aliphatic rings. The maximum absolute atomic E-state index is 12.5. The molecule has 0 aliphatic carbocycles. The van der Waals surface area contributed by atoms with Gasteiger partial charge in [0.1, 0.15) is 5.84 Å². The van der Waals surface area contributed by atoms with Crippen molar-refractivity contribution in [2.75, 3.05) is 11.9 Å². The van der Waals surface area contributed by atoms with Crippen LogP contribution in [-0.4, -0.2) is 18.2 Å². The lowest BCUT2D eigenvalue weighted by Crippen LogP contribution is -2.10. The zero-order valence-electron chi connectivity index (χ0n) is 15.6. The summed E-state index contributed by atoms with van der Waals surface area (Å²) < 4.78 is 0. The number of aryl methyl sites for hydroxylation is 1. The van der Waals surface area contributed by atoms with Crippen LogP contribution in [-0.2, 0) is 0 Å². The molecular weight excluding hydrogens is 346 g/mol. The van der Waals surface area contributed by atoms with Crippen molar-refractivity contribution in [3.63, 3.8) is 0 Å². The van der Waals surface area contributed by atoms with Crippen LogP contribution in [0, 0.1) is 24.2 Å². The van der Waals surface area contributed by atoms with Crippen molar-refractivity contribution in [3.05, 3.63) is 101 Å². The van der Waals surface area contributed by atoms with Gasteiger partial charge in [-0.1, -0.05) is 42.2 Å². The Morgan fingerprint density at radius 2 is 1.64 bits per heavy atom. The maximum atomic E-state index is 12.5. The molecule has 0 spiro atoms. The molecule has 3 aromatic carbocycles. The number of hydrogen-bond acceptors (Lipinski definition) is 3. The number of rotatable bonds is 5. The van der Waals surface area contributed by atoms with E-state index in [0.29, 0.717) is 23.2 Å². The molecule has 0 saturated heterocycles. The fourth-order valence-electron chi connectivity index (χ4n) is 2.75. The lowest BCUT2D eigenvalue weighted by molar-refractivity contribution is 0.103. The summed E-state index contributed by atoms with van der Waals surface area (Å²) in [7, 11) is 0. The van der Waals surface area contributed by atoms with Gasteiger partial charge in [0, 0.05) is 27.9 Å². The van der Waals surface area contributed by atoms with Crippen LogP contribution in [0.3, 0.4) is 0 Å². The molecule has 3 aromatic rings. The highest BCUT2D eigenvalue weighted by Gasteiger charge is 2.09. The third-order valence-electron chi connectivity index (χ3n) is 4.32. The largest absolute Gasteiger partial charge is 0.384 e. The number of nitrogen functional groups attached to an aromatic ring is 1. The molecule has 0 saturated carbocycles. The van der Waals surface area contributed by atoms with Crippen molar-refractivity contribution in [3.8, 4) is 11.8 Å². The molecule has 0 heterocycles. The molecule has 0 aliphatic heterocycles. The fraction of sp³-hybridized carbons (Fsp3) is 0.0833. The SMILES string of the molecule is Cc1cc(C(=O)c2ccccc2)ccc1C#CCNc1ccc(C(=N)N)cc1. The number of carbonyl (C=O) groups is 1. The summed E-state index contributed by atoms with van der Waals surface area (Å²) in [6, 6.07) is 22.2. The lowest BCUT2D eigenvalue weighted by atomic mass is 9.99. The molecule has 4 N–H and O–H groups in total. The Bertz CT molecular complexity index is 1060. The fourth-order valence-corrected chi connectivity index (χ4v) is 2.75. The van der Waals surface area contributed by atoms with Crippen LogP contribution in [0.1, 0.15) is 32.6 Å². The van der Waals surface area contributed by atoms with E-state index in [2.05, 4.69) is 17.2 Å². The second-order valence-electron chi connectivity index (χ2n) is 6.37. The van der Waals surface area contributed by atoms with Gasteiger partial charge in [0.05, 0.1) is 6.54 Å². The summed E-state index contributed by atoms with van der Waals surface area (Å²) in [5, 5.41) is 10.6. The number of nitrogens with two attached hydrogens (primary N) is 1. The monoisotopic (exact) mass is 367 g/mol. The molecular formula is C24H21N3O. The third-order valence-corrected chi connectivity index (χ3v) is 4.32. The third kappa shape index (κ3) is 4.66. The molecule has 4 heteroatoms. The highest BCUT2D eigenvalue weighted by molar-refractivity contribution is 6.09. The van der Waals surface area contributed by atoms with E-state index < -0.39 is 0 Å². The van der Waals surface area contributed by atoms with E-state index in [1.807, 2.05) is 67.6 Å². The summed E-state index contributed by atoms with van der Waals surface area (Å²) >= 11 is 0. The Labute approximate surface area is 164 Å². The summed E-state index contributed by atoms with van der Waals surface area (Å²) in [4.78, 5) is 12.5. The molecule has 0 unspecified atom stereocenters. The Kier molecular flexibility index (Phi) is 5.88. The molecule has 4 nitrogen and oxygen atoms in total. The van der Waals surface area contributed by atoms with E-state index in [1.54, 1.807) is 12.1 Å². The second kappa shape index (κ2) is 8.70. The lowest BCUT2D eigenvalue weighted by Gasteiger charge is -2.05. The molecule has 0 fully saturated rings. The molecule has 28 heavy (non-hydrogen) atoms. The highest BCUT2D eigenvalue weighted by Crippen LogP contribution is 2.14. The van der Waals surface area contributed by atoms with Crippen molar-refractivity contribution < 1.29 is 4.79 Å². The van der Waals surface area contributed by atoms with Crippen LogP contribution in [0.4, 0.5) is 5.69 Å². The summed E-state index contributed by atoms with van der Waals surface area (Å²) in [6.07, 6.45) is 0. The topological polar surface area (TPSA) is 79.0 Å². The summed E-state index contributed by atoms with van der Waals surface area (Å²) in [5.74, 6) is 6.30. The molecule has 0 aromatic heterocycles. The van der Waals surface area contributed by atoms with Gasteiger partial charge < -0.3 is 11.1 Å². The van der Waals surface area contributed by atoms with Gasteiger partial charge in [0.15, 0.2) is 5.78 Å². The van der Waals surface area contributed by atoms with E-state index >= 15 is 0 Å². The minimum atomic E-state index is 0.0129. The normalized spacial score (nSPS) is 9.89. The van der Waals surface area contributed by atoms with Crippen molar-refractivity contribution in [2.24, 2.45) is 5.73 Å². The second-order valence-corrected chi connectivity index (χ2v) is 6.37. The minimum absolute atomic E-state index is 0.0129. The Balaban J connectivity index is 1.64. The van der Waals surface area contributed by atoms with Crippen LogP contribution in [0.5, 0.6) is 0 Å². The quantitative estimate of drug-likeness (QED) is 0.276. The highest BCUT2D eigenvalue weighted by atomic mass is 16.1. The predicted octanol–water partition coefficient (Wildman–Crippen LogP) is 3.97. The first-order chi connectivity index (χ1) is 13.5. The van der Waals surface area contributed by atoms with Gasteiger partial charge in [-0.15, -0.1) is 0 Å². The van der Waals surface area contributed by atoms with Crippen LogP contribution >= 0.6 is 0 Å². The first-order valence-electron chi connectivity index (χ1n) is 8.92. The van der Waals surface area contributed by atoms with Gasteiger partial charge in [0.25, 0.3) is 0 Å². The average Bonchev–Trinajstić information content (AvgIpc) is 2.72. The minimum Gasteiger partial charge on any atom is -0.384 e. The number of carbonyl (C=O) groups excluding carboxylic acids is 1. The zero-order chi connectivity index (χ0) is 19.9. The summed E-state index contributed by atoms with van der Waals surface area (Å²) in [6.45, 7) is 2.45. The Morgan fingerprint density at radius 1 is 0.964 bits per heavy atom. The van der Waals surface area contributed by atoms with Crippen LogP contribution in [0.25, 0.3) is 0 Å². The Morgan fingerprint density at radius 3 is 2.29 bits per heavy atom. The van der Waals surface area contributed by atoms with Crippen LogP contribution in [0.15, 0.2) is 72.8 Å². The standard InChI is InChI=1S/C24H21N3O/c1-17-16-21(23(28)19-6-3-2-4-7-19)10-9-18(17)8-5-15-27-22-13-11-20(12-14-22)24(25)26/h2-4,6-7,9-14,16,27H,15H2,1H3,(H3,25,26). The number of amidine groups is 1. The van der Waals surface area contributed by atoms with Crippen molar-refractivity contribution in [1.82, 2.24) is 0 Å². The van der Waals surface area contributed by atoms with E-state index in [9.17, 15) is 4.79 Å². The van der Waals surface area contributed by atoms with E-state index in [-0.39, 0.29) is 11.6 Å². The van der Waals surface area contributed by atoms with E-state index in [1.165, 1.54) is 0 Å². The molecule has 0 bridgehead atoms. The molecule has 0 amide bonds. The first kappa shape index (κ1) is 18.9. The Hall–Kier alpha value is -3.84. The van der Waals surface area contributed by atoms with Crippen LogP contribution in [0.2, 0.25) is 0 Å². The molecule has 0 radical (unpaired) electrons. The zero-order valence-corrected chi connectivity index (χ0v) is 15.6. The molecule has 3 rings (SSSR count). The predicted molar refractivity (Wildman–Crippen MR) is 114 cm³/mol. The number of nitrogens with one attached hydrogen (secondary N) is 2. The van der Waals surface area contributed by atoms with Gasteiger partial charge in [-0.25, -0.2) is 0 Å². The summed E-state index contributed by atoms with van der Waals surface area (Å²) in [5.41, 5.74) is 10.3. The number of benzene rings is 3.